The summed E-state index contributed by atoms with van der Waals surface area (Å²) in [5.41, 5.74) is 0. The standard InChI is InChI=1S/C13H24N6O8/c1-12(20)24-9-7-17(8-10-25-13(2)21)19(23)15-27-11-26-14-18(22)16-5-3-4-6-16/h3-11H2,1-2H3. The average molecular weight is 392 g/mol. The van der Waals surface area contributed by atoms with Crippen molar-refractivity contribution in [2.75, 3.05) is 46.2 Å². The van der Waals surface area contributed by atoms with Gasteiger partial charge in [-0.3, -0.25) is 19.3 Å². The van der Waals surface area contributed by atoms with Crippen LogP contribution in [0.15, 0.2) is 10.6 Å². The van der Waals surface area contributed by atoms with Crippen LogP contribution in [-0.2, 0) is 28.7 Å². The van der Waals surface area contributed by atoms with Crippen molar-refractivity contribution < 1.29 is 38.7 Å². The molecule has 14 nitrogen and oxygen atoms in total. The van der Waals surface area contributed by atoms with Crippen molar-refractivity contribution in [3.05, 3.63) is 10.4 Å². The summed E-state index contributed by atoms with van der Waals surface area (Å²) in [5, 5.41) is 32.4. The summed E-state index contributed by atoms with van der Waals surface area (Å²) >= 11 is 0. The molecule has 154 valence electrons. The number of rotatable bonds is 12. The fourth-order valence-corrected chi connectivity index (χ4v) is 2.02. The van der Waals surface area contributed by atoms with Crippen molar-refractivity contribution >= 4 is 11.9 Å². The highest BCUT2D eigenvalue weighted by Crippen LogP contribution is 2.07. The van der Waals surface area contributed by atoms with E-state index in [0.717, 1.165) is 17.9 Å². The molecule has 1 aliphatic rings. The Hall–Kier alpha value is -3.06. The molecule has 27 heavy (non-hydrogen) atoms. The Labute approximate surface area is 155 Å². The molecule has 0 bridgehead atoms. The van der Waals surface area contributed by atoms with E-state index >= 15 is 0 Å². The van der Waals surface area contributed by atoms with Gasteiger partial charge in [-0.05, 0) is 12.8 Å². The highest BCUT2D eigenvalue weighted by atomic mass is 16.8. The van der Waals surface area contributed by atoms with Gasteiger partial charge in [-0.15, -0.1) is 10.0 Å². The van der Waals surface area contributed by atoms with E-state index < -0.39 is 18.7 Å². The molecule has 1 fully saturated rings. The lowest BCUT2D eigenvalue weighted by Crippen LogP contribution is -2.37. The Balaban J connectivity index is 2.40. The Kier molecular flexibility index (Phi) is 10.0. The van der Waals surface area contributed by atoms with Gasteiger partial charge in [-0.2, -0.15) is 0 Å². The number of carbonyl (C=O) groups is 2. The molecule has 1 saturated heterocycles. The van der Waals surface area contributed by atoms with Crippen LogP contribution in [0.5, 0.6) is 0 Å². The van der Waals surface area contributed by atoms with Crippen molar-refractivity contribution in [3.63, 3.8) is 0 Å². The van der Waals surface area contributed by atoms with Gasteiger partial charge in [-0.1, -0.05) is 0 Å². The zero-order valence-corrected chi connectivity index (χ0v) is 15.3. The van der Waals surface area contributed by atoms with Crippen LogP contribution in [0.1, 0.15) is 26.7 Å². The molecule has 0 unspecified atom stereocenters. The van der Waals surface area contributed by atoms with Crippen molar-refractivity contribution in [1.82, 2.24) is 10.0 Å². The van der Waals surface area contributed by atoms with Crippen molar-refractivity contribution in [3.8, 4) is 0 Å². The second-order valence-corrected chi connectivity index (χ2v) is 5.34. The third-order valence-corrected chi connectivity index (χ3v) is 3.24. The Bertz CT molecular complexity index is 517. The molecule has 0 aliphatic carbocycles. The molecule has 0 spiro atoms. The maximum atomic E-state index is 11.9. The molecule has 14 heteroatoms. The smallest absolute Gasteiger partial charge is 0.302 e. The molecular weight excluding hydrogens is 368 g/mol. The second-order valence-electron chi connectivity index (χ2n) is 5.34. The lowest BCUT2D eigenvalue weighted by atomic mass is 10.4. The number of esters is 2. The first-order chi connectivity index (χ1) is 12.9. The molecule has 1 heterocycles. The molecule has 0 aromatic heterocycles. The molecule has 1 aliphatic heterocycles. The van der Waals surface area contributed by atoms with Crippen molar-refractivity contribution in [1.29, 1.82) is 0 Å². The fraction of sp³-hybridized carbons (Fsp3) is 0.846. The van der Waals surface area contributed by atoms with E-state index in [1.807, 2.05) is 0 Å². The Morgan fingerprint density at radius 2 is 1.52 bits per heavy atom. The highest BCUT2D eigenvalue weighted by Gasteiger charge is 2.18. The van der Waals surface area contributed by atoms with Crippen molar-refractivity contribution in [2.45, 2.75) is 26.7 Å². The molecular formula is C13H24N6O8. The third kappa shape index (κ3) is 9.86. The number of hydrogen-bond acceptors (Lipinski definition) is 10. The molecule has 0 aromatic rings. The number of ether oxygens (including phenoxy) is 2. The van der Waals surface area contributed by atoms with Crippen LogP contribution >= 0.6 is 0 Å². The van der Waals surface area contributed by atoms with Crippen LogP contribution in [0.25, 0.3) is 0 Å². The Morgan fingerprint density at radius 3 is 2.04 bits per heavy atom. The van der Waals surface area contributed by atoms with Crippen LogP contribution in [-0.4, -0.2) is 78.1 Å². The SMILES string of the molecule is CC(=O)OCCN(CCOC(C)=O)[N+]([O-])=NOCON=[N+]([O-])N1CCCC1. The van der Waals surface area contributed by atoms with Gasteiger partial charge in [0.15, 0.2) is 0 Å². The summed E-state index contributed by atoms with van der Waals surface area (Å²) in [5.74, 6) is -1.01. The van der Waals surface area contributed by atoms with E-state index in [4.69, 9.17) is 9.47 Å². The summed E-state index contributed by atoms with van der Waals surface area (Å²) in [4.78, 5) is 31.2. The summed E-state index contributed by atoms with van der Waals surface area (Å²) in [6.45, 7) is 2.92. The van der Waals surface area contributed by atoms with Crippen LogP contribution < -0.4 is 0 Å². The van der Waals surface area contributed by atoms with E-state index in [2.05, 4.69) is 20.2 Å². The lowest BCUT2D eigenvalue weighted by molar-refractivity contribution is -0.717. The zero-order valence-electron chi connectivity index (χ0n) is 15.3. The number of hydrogen-bond donors (Lipinski definition) is 0. The first-order valence-corrected chi connectivity index (χ1v) is 8.27. The normalized spacial score (nSPS) is 14.7. The van der Waals surface area contributed by atoms with Crippen molar-refractivity contribution in [2.24, 2.45) is 10.6 Å². The fourth-order valence-electron chi connectivity index (χ4n) is 2.02. The van der Waals surface area contributed by atoms with Gasteiger partial charge in [0.05, 0.1) is 23.0 Å². The highest BCUT2D eigenvalue weighted by molar-refractivity contribution is 5.66. The summed E-state index contributed by atoms with van der Waals surface area (Å²) < 4.78 is 9.49. The van der Waals surface area contributed by atoms with Gasteiger partial charge in [0.25, 0.3) is 6.79 Å². The molecule has 0 radical (unpaired) electrons. The maximum absolute atomic E-state index is 11.9. The maximum Gasteiger partial charge on any atom is 0.302 e. The van der Waals surface area contributed by atoms with Gasteiger partial charge in [-0.25, -0.2) is 0 Å². The Morgan fingerprint density at radius 1 is 1.00 bits per heavy atom. The third-order valence-electron chi connectivity index (χ3n) is 3.24. The first kappa shape index (κ1) is 22.0. The first-order valence-electron chi connectivity index (χ1n) is 8.27. The quantitative estimate of drug-likeness (QED) is 0.111. The van der Waals surface area contributed by atoms with Crippen LogP contribution in [0, 0.1) is 10.4 Å². The topological polar surface area (TPSA) is 154 Å². The molecule has 0 N–H and O–H groups in total. The summed E-state index contributed by atoms with van der Waals surface area (Å²) in [6, 6.07) is 0. The van der Waals surface area contributed by atoms with Gasteiger partial charge in [0, 0.05) is 13.8 Å². The van der Waals surface area contributed by atoms with Crippen LogP contribution in [0.4, 0.5) is 0 Å². The number of nitrogens with zero attached hydrogens (tertiary/aromatic N) is 6. The summed E-state index contributed by atoms with van der Waals surface area (Å²) in [7, 11) is 0. The van der Waals surface area contributed by atoms with Gasteiger partial charge >= 0.3 is 11.9 Å². The van der Waals surface area contributed by atoms with E-state index in [1.54, 1.807) is 0 Å². The monoisotopic (exact) mass is 392 g/mol. The van der Waals surface area contributed by atoms with E-state index in [0.29, 0.717) is 18.1 Å². The largest absolute Gasteiger partial charge is 0.569 e. The zero-order chi connectivity index (χ0) is 20.1. The lowest BCUT2D eigenvalue weighted by Gasteiger charge is -2.17. The summed E-state index contributed by atoms with van der Waals surface area (Å²) in [6.07, 6.45) is 1.81. The van der Waals surface area contributed by atoms with Gasteiger partial charge in [0.2, 0.25) is 10.6 Å². The van der Waals surface area contributed by atoms with Gasteiger partial charge < -0.3 is 19.9 Å². The number of carbonyl (C=O) groups excluding carboxylic acids is 2. The minimum absolute atomic E-state index is 0.00820. The molecule has 0 atom stereocenters. The second kappa shape index (κ2) is 12.3. The minimum Gasteiger partial charge on any atom is -0.569 e. The average Bonchev–Trinajstić information content (AvgIpc) is 3.14. The van der Waals surface area contributed by atoms with Crippen LogP contribution in [0.3, 0.4) is 0 Å². The number of hydrazine groups is 2. The van der Waals surface area contributed by atoms with E-state index in [1.165, 1.54) is 18.9 Å². The van der Waals surface area contributed by atoms with E-state index in [9.17, 15) is 20.0 Å². The predicted octanol–water partition coefficient (Wildman–Crippen LogP) is 0.0861. The molecule has 0 saturated carbocycles. The molecule has 0 amide bonds. The molecule has 0 aromatic carbocycles. The predicted molar refractivity (Wildman–Crippen MR) is 84.8 cm³/mol. The van der Waals surface area contributed by atoms with E-state index in [-0.39, 0.29) is 31.3 Å². The molecule has 1 rings (SSSR count). The minimum atomic E-state index is -0.562. The van der Waals surface area contributed by atoms with Crippen LogP contribution in [0.2, 0.25) is 0 Å². The van der Waals surface area contributed by atoms with Gasteiger partial charge in [0.1, 0.15) is 26.3 Å².